The van der Waals surface area contributed by atoms with Crippen molar-refractivity contribution in [2.75, 3.05) is 9.80 Å². The van der Waals surface area contributed by atoms with E-state index in [-0.39, 0.29) is 44.6 Å². The minimum Gasteiger partial charge on any atom is -0.310 e. The van der Waals surface area contributed by atoms with Crippen LogP contribution in [0.2, 0.25) is 0 Å². The largest absolute Gasteiger partial charge is 0.310 e. The molecule has 0 fully saturated rings. The minimum absolute atomic E-state index is 0.212. The molecule has 11 aromatic rings. The van der Waals surface area contributed by atoms with Crippen LogP contribution in [0.15, 0.2) is 231 Å². The van der Waals surface area contributed by atoms with Gasteiger partial charge in [0.15, 0.2) is 17.1 Å². The lowest BCUT2D eigenvalue weighted by Gasteiger charge is -2.42. The predicted octanol–water partition coefficient (Wildman–Crippen LogP) is 21.2. The lowest BCUT2D eigenvalue weighted by molar-refractivity contribution is 0.632. The Morgan fingerprint density at radius 1 is 0.337 bits per heavy atom. The molecule has 0 saturated heterocycles. The first kappa shape index (κ1) is 53.3. The Morgan fingerprint density at radius 3 is 1.02 bits per heavy atom. The van der Waals surface area contributed by atoms with Gasteiger partial charge in [-0.05, 0) is 181 Å². The molecule has 0 bridgehead atoms. The number of hydrogen-bond acceptors (Lipinski definition) is 5. The molecule has 2 aliphatic heterocycles. The van der Waals surface area contributed by atoms with Crippen LogP contribution in [0.1, 0.15) is 66.6 Å². The predicted molar refractivity (Wildman–Crippen MR) is 346 cm³/mol. The number of nitrogens with zero attached hydrogens (tertiary/aromatic N) is 8. The highest BCUT2D eigenvalue weighted by molar-refractivity contribution is 6.00. The van der Waals surface area contributed by atoms with Gasteiger partial charge in [-0.15, -0.1) is 0 Å². The minimum atomic E-state index is -0.274. The fraction of sp³-hybridized carbons (Fsp3) is 0.0769. The molecule has 8 nitrogen and oxygen atoms in total. The first-order valence-electron chi connectivity index (χ1n) is 28.2. The first-order valence-corrected chi connectivity index (χ1v) is 28.2. The third kappa shape index (κ3) is 8.71. The van der Waals surface area contributed by atoms with Gasteiger partial charge < -0.3 is 9.80 Å². The highest BCUT2D eigenvalue weighted by atomic mass is 15.2. The van der Waals surface area contributed by atoms with Crippen molar-refractivity contribution >= 4 is 51.2 Å². The molecule has 8 heteroatoms. The summed E-state index contributed by atoms with van der Waals surface area (Å²) in [4.78, 5) is 16.0. The summed E-state index contributed by atoms with van der Waals surface area (Å²) in [5.74, 6) is 0. The van der Waals surface area contributed by atoms with Gasteiger partial charge in [0.25, 0.3) is 0 Å². The van der Waals surface area contributed by atoms with Crippen molar-refractivity contribution in [1.29, 1.82) is 15.8 Å². The van der Waals surface area contributed by atoms with Crippen LogP contribution in [0, 0.1) is 53.7 Å². The number of para-hydroxylation sites is 4. The smallest absolute Gasteiger partial charge is 0.189 e. The van der Waals surface area contributed by atoms with Crippen molar-refractivity contribution in [3.63, 3.8) is 0 Å². The Labute approximate surface area is 501 Å². The van der Waals surface area contributed by atoms with Gasteiger partial charge in [0, 0.05) is 33.3 Å². The quantitative estimate of drug-likeness (QED) is 0.141. The van der Waals surface area contributed by atoms with Gasteiger partial charge in [-0.3, -0.25) is 0 Å². The van der Waals surface area contributed by atoms with E-state index in [1.54, 1.807) is 24.3 Å². The normalized spacial score (nSPS) is 13.0. The number of benzene rings is 11. The molecule has 0 aliphatic carbocycles. The Morgan fingerprint density at radius 2 is 0.674 bits per heavy atom. The second-order valence-electron chi connectivity index (χ2n) is 22.7. The standard InChI is InChI=1S/C78H50N8/c1-77(2)65-28-8-12-32-71(65)85(72-33-13-9-29-66(72)77)59-26-18-22-52(42-59)63-45-62(51-21-17-25-55(39-51)76-69(83-6)36-49(46-79)37-70(76)84-7)64(44-61(63)50-20-16-24-54(38-50)75-56(47-80)40-58(82-5)41-57(75)48-81)53-23-19-27-60(43-53)86-73-34-14-10-30-67(73)78(3,4)68-31-11-15-35-74(68)86/h8-45H,1-4H3. The second kappa shape index (κ2) is 21.1. The molecule has 0 saturated carbocycles. The molecule has 0 atom stereocenters. The number of hydrogen-bond donors (Lipinski definition) is 0. The molecule has 0 unspecified atom stereocenters. The average molecular weight is 1100 g/mol. The van der Waals surface area contributed by atoms with E-state index in [1.165, 1.54) is 22.3 Å². The molecule has 0 radical (unpaired) electrons. The van der Waals surface area contributed by atoms with Crippen LogP contribution >= 0.6 is 0 Å². The maximum atomic E-state index is 10.6. The van der Waals surface area contributed by atoms with Gasteiger partial charge in [-0.1, -0.05) is 161 Å². The summed E-state index contributed by atoms with van der Waals surface area (Å²) in [6.45, 7) is 33.4. The molecular formula is C78H50N8. The maximum Gasteiger partial charge on any atom is 0.189 e. The number of nitriles is 3. The SMILES string of the molecule is [C-]#[N+]c1cc(C#N)c(-c2cccc(-c3cc(-c4cccc(N5c6ccccc6C(C)(C)c6ccccc65)c4)c(-c4cccc(-c5c([N+]#[C-])cc(C#N)cc5[N+]#[C-])c4)cc3-c3cccc(N4c5ccccc5C(C)(C)c5ccccc54)c3)c2)c(C#N)c1. The molecular weight excluding hydrogens is 1050 g/mol. The van der Waals surface area contributed by atoms with Crippen molar-refractivity contribution in [2.24, 2.45) is 0 Å². The van der Waals surface area contributed by atoms with Crippen LogP contribution in [-0.4, -0.2) is 0 Å². The third-order valence-electron chi connectivity index (χ3n) is 17.1. The van der Waals surface area contributed by atoms with Crippen molar-refractivity contribution in [3.8, 4) is 85.0 Å². The molecule has 0 N–H and O–H groups in total. The van der Waals surface area contributed by atoms with Crippen LogP contribution in [0.4, 0.5) is 51.2 Å². The summed E-state index contributed by atoms with van der Waals surface area (Å²) in [6.07, 6.45) is 0. The highest BCUT2D eigenvalue weighted by Gasteiger charge is 2.38. The molecule has 11 aromatic carbocycles. The summed E-state index contributed by atoms with van der Waals surface area (Å²) in [7, 11) is 0. The monoisotopic (exact) mass is 1100 g/mol. The van der Waals surface area contributed by atoms with E-state index in [4.69, 9.17) is 19.7 Å². The van der Waals surface area contributed by atoms with Crippen molar-refractivity contribution in [3.05, 3.63) is 304 Å². The van der Waals surface area contributed by atoms with E-state index >= 15 is 0 Å². The Hall–Kier alpha value is -12.0. The van der Waals surface area contributed by atoms with Crippen LogP contribution in [0.25, 0.3) is 81.3 Å². The van der Waals surface area contributed by atoms with Crippen LogP contribution in [0.3, 0.4) is 0 Å². The fourth-order valence-corrected chi connectivity index (χ4v) is 13.1. The maximum absolute atomic E-state index is 10.6. The molecule has 0 aromatic heterocycles. The van der Waals surface area contributed by atoms with Gasteiger partial charge >= 0.3 is 0 Å². The first-order chi connectivity index (χ1) is 41.9. The molecule has 2 aliphatic rings. The van der Waals surface area contributed by atoms with E-state index in [9.17, 15) is 15.8 Å². The average Bonchev–Trinajstić information content (AvgIpc) is 1.13. The zero-order valence-electron chi connectivity index (χ0n) is 47.5. The summed E-state index contributed by atoms with van der Waals surface area (Å²) < 4.78 is 0. The van der Waals surface area contributed by atoms with Gasteiger partial charge in [-0.25, -0.2) is 14.5 Å². The van der Waals surface area contributed by atoms with Gasteiger partial charge in [0.2, 0.25) is 0 Å². The molecule has 0 spiro atoms. The topological polar surface area (TPSA) is 90.9 Å². The fourth-order valence-electron chi connectivity index (χ4n) is 13.1. The van der Waals surface area contributed by atoms with E-state index in [1.807, 2.05) is 36.4 Å². The third-order valence-corrected chi connectivity index (χ3v) is 17.1. The number of fused-ring (bicyclic) bond motifs is 4. The number of rotatable bonds is 8. The highest BCUT2D eigenvalue weighted by Crippen LogP contribution is 2.55. The lowest BCUT2D eigenvalue weighted by Crippen LogP contribution is -2.30. The summed E-state index contributed by atoms with van der Waals surface area (Å²) in [6, 6.07) is 85.0. The van der Waals surface area contributed by atoms with Crippen LogP contribution in [0.5, 0.6) is 0 Å². The molecule has 0 amide bonds. The summed E-state index contributed by atoms with van der Waals surface area (Å²) >= 11 is 0. The van der Waals surface area contributed by atoms with Crippen molar-refractivity contribution < 1.29 is 0 Å². The lowest BCUT2D eigenvalue weighted by atomic mass is 9.73. The van der Waals surface area contributed by atoms with E-state index in [2.05, 4.69) is 240 Å². The van der Waals surface area contributed by atoms with Gasteiger partial charge in [-0.2, -0.15) is 15.8 Å². The summed E-state index contributed by atoms with van der Waals surface area (Å²) in [5.41, 5.74) is 21.1. The number of anilines is 6. The molecule has 13 rings (SSSR count). The molecule has 402 valence electrons. The summed E-state index contributed by atoms with van der Waals surface area (Å²) in [5, 5.41) is 31.2. The zero-order chi connectivity index (χ0) is 59.4. The van der Waals surface area contributed by atoms with E-state index in [0.717, 1.165) is 78.6 Å². The Bertz CT molecular complexity index is 4460. The van der Waals surface area contributed by atoms with E-state index in [0.29, 0.717) is 22.3 Å². The Kier molecular flexibility index (Phi) is 13.0. The molecule has 2 heterocycles. The van der Waals surface area contributed by atoms with Gasteiger partial charge in [0.05, 0.1) is 71.8 Å². The Balaban J connectivity index is 1.11. The second-order valence-corrected chi connectivity index (χ2v) is 22.7. The van der Waals surface area contributed by atoms with Gasteiger partial charge in [0.1, 0.15) is 0 Å². The zero-order valence-corrected chi connectivity index (χ0v) is 47.5. The van der Waals surface area contributed by atoms with Crippen molar-refractivity contribution in [1.82, 2.24) is 0 Å². The molecule has 86 heavy (non-hydrogen) atoms. The van der Waals surface area contributed by atoms with Crippen molar-refractivity contribution in [2.45, 2.75) is 38.5 Å². The van der Waals surface area contributed by atoms with Crippen LogP contribution in [-0.2, 0) is 10.8 Å². The van der Waals surface area contributed by atoms with Crippen LogP contribution < -0.4 is 9.80 Å². The van der Waals surface area contributed by atoms with E-state index < -0.39 is 0 Å².